The molecule has 2 aliphatic rings. The molecule has 6 heteroatoms. The van der Waals surface area contributed by atoms with Crippen molar-refractivity contribution in [1.82, 2.24) is 10.6 Å². The number of amides is 2. The molecule has 2 fully saturated rings. The molecule has 2 atom stereocenters. The molecule has 0 heterocycles. The van der Waals surface area contributed by atoms with E-state index in [0.29, 0.717) is 13.0 Å². The molecule has 2 unspecified atom stereocenters. The SMILES string of the molecule is O=C(NCC1CCCCC1C(=O)O)NC1CCC(O)CC1. The van der Waals surface area contributed by atoms with Gasteiger partial charge in [0.15, 0.2) is 0 Å². The highest BCUT2D eigenvalue weighted by molar-refractivity contribution is 5.74. The van der Waals surface area contributed by atoms with Crippen LogP contribution in [0.1, 0.15) is 51.4 Å². The van der Waals surface area contributed by atoms with E-state index in [-0.39, 0.29) is 30.0 Å². The van der Waals surface area contributed by atoms with Gasteiger partial charge in [-0.1, -0.05) is 12.8 Å². The number of urea groups is 1. The quantitative estimate of drug-likeness (QED) is 0.632. The van der Waals surface area contributed by atoms with Crippen LogP contribution >= 0.6 is 0 Å². The first-order chi connectivity index (χ1) is 10.1. The number of aliphatic hydroxyl groups is 1. The van der Waals surface area contributed by atoms with E-state index in [2.05, 4.69) is 10.6 Å². The summed E-state index contributed by atoms with van der Waals surface area (Å²) in [5.74, 6) is -1.04. The lowest BCUT2D eigenvalue weighted by Gasteiger charge is -2.29. The van der Waals surface area contributed by atoms with E-state index >= 15 is 0 Å². The van der Waals surface area contributed by atoms with Crippen molar-refractivity contribution in [2.24, 2.45) is 11.8 Å². The maximum Gasteiger partial charge on any atom is 0.315 e. The molecule has 0 spiro atoms. The average Bonchev–Trinajstić information content (AvgIpc) is 2.48. The molecule has 4 N–H and O–H groups in total. The van der Waals surface area contributed by atoms with Crippen molar-refractivity contribution in [1.29, 1.82) is 0 Å². The highest BCUT2D eigenvalue weighted by atomic mass is 16.4. The molecule has 2 saturated carbocycles. The second-order valence-electron chi connectivity index (χ2n) is 6.35. The Morgan fingerprint density at radius 2 is 1.67 bits per heavy atom. The van der Waals surface area contributed by atoms with Crippen LogP contribution in [-0.4, -0.2) is 40.9 Å². The number of aliphatic hydroxyl groups excluding tert-OH is 1. The molecule has 21 heavy (non-hydrogen) atoms. The van der Waals surface area contributed by atoms with Gasteiger partial charge in [-0.3, -0.25) is 4.79 Å². The van der Waals surface area contributed by atoms with Gasteiger partial charge in [0.1, 0.15) is 0 Å². The number of carbonyl (C=O) groups excluding carboxylic acids is 1. The molecule has 120 valence electrons. The molecule has 0 aromatic heterocycles. The fourth-order valence-corrected chi connectivity index (χ4v) is 3.46. The highest BCUT2D eigenvalue weighted by Gasteiger charge is 2.31. The van der Waals surface area contributed by atoms with E-state index < -0.39 is 5.97 Å². The van der Waals surface area contributed by atoms with Crippen molar-refractivity contribution in [3.05, 3.63) is 0 Å². The van der Waals surface area contributed by atoms with Gasteiger partial charge in [0.25, 0.3) is 0 Å². The summed E-state index contributed by atoms with van der Waals surface area (Å²) in [5.41, 5.74) is 0. The smallest absolute Gasteiger partial charge is 0.315 e. The zero-order chi connectivity index (χ0) is 15.2. The molecular formula is C15H26N2O4. The van der Waals surface area contributed by atoms with Crippen molar-refractivity contribution < 1.29 is 19.8 Å². The van der Waals surface area contributed by atoms with Crippen LogP contribution in [0, 0.1) is 11.8 Å². The van der Waals surface area contributed by atoms with Crippen LogP contribution in [0.25, 0.3) is 0 Å². The summed E-state index contributed by atoms with van der Waals surface area (Å²) in [5, 5.41) is 24.4. The Bertz CT molecular complexity index is 367. The number of hydrogen-bond donors (Lipinski definition) is 4. The standard InChI is InChI=1S/C15H26N2O4/c18-12-7-5-11(6-8-12)17-15(21)16-9-10-3-1-2-4-13(10)14(19)20/h10-13,18H,1-9H2,(H,19,20)(H2,16,17,21). The monoisotopic (exact) mass is 298 g/mol. The van der Waals surface area contributed by atoms with E-state index in [1.807, 2.05) is 0 Å². The van der Waals surface area contributed by atoms with Gasteiger partial charge in [0.2, 0.25) is 0 Å². The van der Waals surface area contributed by atoms with Crippen LogP contribution in [-0.2, 0) is 4.79 Å². The van der Waals surface area contributed by atoms with Crippen molar-refractivity contribution in [2.75, 3.05) is 6.54 Å². The average molecular weight is 298 g/mol. The van der Waals surface area contributed by atoms with Crippen molar-refractivity contribution >= 4 is 12.0 Å². The number of hydrogen-bond acceptors (Lipinski definition) is 3. The molecule has 6 nitrogen and oxygen atoms in total. The Balaban J connectivity index is 1.71. The van der Waals surface area contributed by atoms with Crippen LogP contribution in [0.3, 0.4) is 0 Å². The third-order valence-electron chi connectivity index (χ3n) is 4.78. The van der Waals surface area contributed by atoms with E-state index in [1.165, 1.54) is 0 Å². The van der Waals surface area contributed by atoms with Gasteiger partial charge < -0.3 is 20.8 Å². The van der Waals surface area contributed by atoms with Gasteiger partial charge >= 0.3 is 12.0 Å². The molecule has 0 radical (unpaired) electrons. The lowest BCUT2D eigenvalue weighted by molar-refractivity contribution is -0.144. The van der Waals surface area contributed by atoms with Crippen LogP contribution in [0.4, 0.5) is 4.79 Å². The Hall–Kier alpha value is -1.30. The van der Waals surface area contributed by atoms with E-state index in [0.717, 1.165) is 44.9 Å². The van der Waals surface area contributed by atoms with Gasteiger partial charge in [-0.25, -0.2) is 4.79 Å². The maximum atomic E-state index is 11.9. The number of carbonyl (C=O) groups is 2. The highest BCUT2D eigenvalue weighted by Crippen LogP contribution is 2.29. The first-order valence-corrected chi connectivity index (χ1v) is 8.01. The van der Waals surface area contributed by atoms with Gasteiger partial charge in [0, 0.05) is 12.6 Å². The predicted molar refractivity (Wildman–Crippen MR) is 77.9 cm³/mol. The zero-order valence-electron chi connectivity index (χ0n) is 12.4. The molecule has 0 saturated heterocycles. The summed E-state index contributed by atoms with van der Waals surface area (Å²) in [6.45, 7) is 0.429. The van der Waals surface area contributed by atoms with Crippen molar-refractivity contribution in [2.45, 2.75) is 63.5 Å². The van der Waals surface area contributed by atoms with E-state index in [4.69, 9.17) is 0 Å². The number of nitrogens with one attached hydrogen (secondary N) is 2. The van der Waals surface area contributed by atoms with Crippen LogP contribution in [0.15, 0.2) is 0 Å². The largest absolute Gasteiger partial charge is 0.481 e. The van der Waals surface area contributed by atoms with Crippen molar-refractivity contribution in [3.8, 4) is 0 Å². The number of carboxylic acid groups (broad SMARTS) is 1. The van der Waals surface area contributed by atoms with Gasteiger partial charge in [0.05, 0.1) is 12.0 Å². The molecule has 0 aliphatic heterocycles. The first-order valence-electron chi connectivity index (χ1n) is 8.01. The molecule has 0 aromatic rings. The summed E-state index contributed by atoms with van der Waals surface area (Å²) in [7, 11) is 0. The number of carboxylic acids is 1. The fourth-order valence-electron chi connectivity index (χ4n) is 3.46. The minimum atomic E-state index is -0.747. The number of aliphatic carboxylic acids is 1. The van der Waals surface area contributed by atoms with Gasteiger partial charge in [-0.2, -0.15) is 0 Å². The summed E-state index contributed by atoms with van der Waals surface area (Å²) >= 11 is 0. The minimum Gasteiger partial charge on any atom is -0.481 e. The Labute approximate surface area is 125 Å². The Kier molecular flexibility index (Phi) is 5.85. The first kappa shape index (κ1) is 16.1. The van der Waals surface area contributed by atoms with Crippen LogP contribution in [0.5, 0.6) is 0 Å². The predicted octanol–water partition coefficient (Wildman–Crippen LogP) is 1.48. The molecule has 0 bridgehead atoms. The lowest BCUT2D eigenvalue weighted by Crippen LogP contribution is -2.46. The lowest BCUT2D eigenvalue weighted by atomic mass is 9.79. The number of rotatable bonds is 4. The van der Waals surface area contributed by atoms with Gasteiger partial charge in [-0.15, -0.1) is 0 Å². The minimum absolute atomic E-state index is 0.0372. The summed E-state index contributed by atoms with van der Waals surface area (Å²) in [6, 6.07) is -0.0962. The Morgan fingerprint density at radius 1 is 1.00 bits per heavy atom. The summed E-state index contributed by atoms with van der Waals surface area (Å²) in [4.78, 5) is 23.1. The van der Waals surface area contributed by atoms with Crippen LogP contribution < -0.4 is 10.6 Å². The molecule has 2 aliphatic carbocycles. The second-order valence-corrected chi connectivity index (χ2v) is 6.35. The summed E-state index contributed by atoms with van der Waals surface area (Å²) in [6.07, 6.45) is 6.41. The second kappa shape index (κ2) is 7.64. The molecule has 2 amide bonds. The maximum absolute atomic E-state index is 11.9. The topological polar surface area (TPSA) is 98.7 Å². The third kappa shape index (κ3) is 4.88. The third-order valence-corrected chi connectivity index (χ3v) is 4.78. The van der Waals surface area contributed by atoms with Crippen LogP contribution in [0.2, 0.25) is 0 Å². The van der Waals surface area contributed by atoms with E-state index in [9.17, 15) is 19.8 Å². The van der Waals surface area contributed by atoms with Crippen molar-refractivity contribution in [3.63, 3.8) is 0 Å². The Morgan fingerprint density at radius 3 is 2.33 bits per heavy atom. The fraction of sp³-hybridized carbons (Fsp3) is 0.867. The van der Waals surface area contributed by atoms with Gasteiger partial charge in [-0.05, 0) is 44.4 Å². The van der Waals surface area contributed by atoms with E-state index in [1.54, 1.807) is 0 Å². The molecule has 0 aromatic carbocycles. The molecular weight excluding hydrogens is 272 g/mol. The zero-order valence-corrected chi connectivity index (χ0v) is 12.4. The molecule has 2 rings (SSSR count). The normalized spacial score (nSPS) is 33.2. The summed E-state index contributed by atoms with van der Waals surface area (Å²) < 4.78 is 0.